The molecule has 0 aromatic heterocycles. The first-order chi connectivity index (χ1) is 9.90. The number of alkyl carbamates (subject to hydrolysis) is 1. The molecule has 0 spiro atoms. The smallest absolute Gasteiger partial charge is 0.407 e. The zero-order chi connectivity index (χ0) is 15.7. The minimum Gasteiger partial charge on any atom is -0.492 e. The summed E-state index contributed by atoms with van der Waals surface area (Å²) in [5.41, 5.74) is 4.88. The van der Waals surface area contributed by atoms with Crippen molar-refractivity contribution in [3.63, 3.8) is 0 Å². The van der Waals surface area contributed by atoms with Gasteiger partial charge in [-0.05, 0) is 32.9 Å². The van der Waals surface area contributed by atoms with Crippen LogP contribution in [0.4, 0.5) is 4.79 Å². The number of rotatable bonds is 7. The van der Waals surface area contributed by atoms with E-state index in [1.165, 1.54) is 0 Å². The maximum absolute atomic E-state index is 11.4. The Morgan fingerprint density at radius 1 is 1.19 bits per heavy atom. The molecule has 0 aliphatic carbocycles. The van der Waals surface area contributed by atoms with Crippen LogP contribution in [0.1, 0.15) is 20.8 Å². The molecule has 1 amide bonds. The maximum atomic E-state index is 11.4. The van der Waals surface area contributed by atoms with Gasteiger partial charge in [0.2, 0.25) is 0 Å². The SMILES string of the molecule is CC(C)(C)OC(=O)NCCOc1cccc(OCCN)c1. The largest absolute Gasteiger partial charge is 0.492 e. The summed E-state index contributed by atoms with van der Waals surface area (Å²) in [6.07, 6.45) is -0.453. The Bertz CT molecular complexity index is 444. The number of ether oxygens (including phenoxy) is 3. The molecule has 1 rings (SSSR count). The van der Waals surface area contributed by atoms with E-state index in [9.17, 15) is 4.79 Å². The molecule has 0 saturated carbocycles. The minimum absolute atomic E-state index is 0.347. The van der Waals surface area contributed by atoms with Crippen LogP contribution >= 0.6 is 0 Å². The summed E-state index contributed by atoms with van der Waals surface area (Å²) in [5.74, 6) is 1.38. The maximum Gasteiger partial charge on any atom is 0.407 e. The van der Waals surface area contributed by atoms with Gasteiger partial charge in [0.25, 0.3) is 0 Å². The number of hydrogen-bond donors (Lipinski definition) is 2. The molecule has 0 heterocycles. The third kappa shape index (κ3) is 8.04. The Kier molecular flexibility index (Phi) is 6.81. The molecule has 3 N–H and O–H groups in total. The van der Waals surface area contributed by atoms with Crippen LogP contribution in [0.5, 0.6) is 11.5 Å². The third-order valence-corrected chi connectivity index (χ3v) is 2.23. The predicted octanol–water partition coefficient (Wildman–Crippen LogP) is 1.93. The van der Waals surface area contributed by atoms with Crippen LogP contribution in [0, 0.1) is 0 Å². The van der Waals surface area contributed by atoms with E-state index in [-0.39, 0.29) is 0 Å². The quantitative estimate of drug-likeness (QED) is 0.751. The van der Waals surface area contributed by atoms with Crippen molar-refractivity contribution in [1.82, 2.24) is 5.32 Å². The summed E-state index contributed by atoms with van der Waals surface area (Å²) in [6, 6.07) is 7.27. The highest BCUT2D eigenvalue weighted by Gasteiger charge is 2.15. The van der Waals surface area contributed by atoms with Gasteiger partial charge in [0.15, 0.2) is 0 Å². The third-order valence-electron chi connectivity index (χ3n) is 2.23. The van der Waals surface area contributed by atoms with Gasteiger partial charge in [-0.15, -0.1) is 0 Å². The van der Waals surface area contributed by atoms with E-state index in [0.29, 0.717) is 37.8 Å². The van der Waals surface area contributed by atoms with Crippen molar-refractivity contribution in [3.05, 3.63) is 24.3 Å². The first-order valence-corrected chi connectivity index (χ1v) is 6.93. The molecule has 0 atom stereocenters. The van der Waals surface area contributed by atoms with Gasteiger partial charge in [-0.3, -0.25) is 0 Å². The molecular formula is C15H24N2O4. The van der Waals surface area contributed by atoms with Crippen LogP contribution in [0.25, 0.3) is 0 Å². The van der Waals surface area contributed by atoms with Gasteiger partial charge >= 0.3 is 6.09 Å². The van der Waals surface area contributed by atoms with Gasteiger partial charge in [-0.1, -0.05) is 6.07 Å². The predicted molar refractivity (Wildman–Crippen MR) is 80.7 cm³/mol. The van der Waals surface area contributed by atoms with Gasteiger partial charge in [-0.25, -0.2) is 4.79 Å². The standard InChI is InChI=1S/C15H24N2O4/c1-15(2,3)21-14(18)17-8-10-20-13-6-4-5-12(11-13)19-9-7-16/h4-6,11H,7-10,16H2,1-3H3,(H,17,18). The minimum atomic E-state index is -0.500. The van der Waals surface area contributed by atoms with Crippen LogP contribution in [0.3, 0.4) is 0 Å². The van der Waals surface area contributed by atoms with E-state index in [1.807, 2.05) is 39.0 Å². The van der Waals surface area contributed by atoms with Gasteiger partial charge in [0, 0.05) is 12.6 Å². The topological polar surface area (TPSA) is 82.8 Å². The molecule has 0 unspecified atom stereocenters. The molecule has 0 aliphatic heterocycles. The highest BCUT2D eigenvalue weighted by atomic mass is 16.6. The van der Waals surface area contributed by atoms with Crippen molar-refractivity contribution in [2.24, 2.45) is 5.73 Å². The molecule has 0 aliphatic rings. The number of nitrogens with one attached hydrogen (secondary N) is 1. The molecule has 1 aromatic carbocycles. The molecule has 1 aromatic rings. The average molecular weight is 296 g/mol. The Morgan fingerprint density at radius 3 is 2.38 bits per heavy atom. The average Bonchev–Trinajstić information content (AvgIpc) is 2.40. The van der Waals surface area contributed by atoms with E-state index < -0.39 is 11.7 Å². The van der Waals surface area contributed by atoms with Crippen molar-refractivity contribution in [3.8, 4) is 11.5 Å². The lowest BCUT2D eigenvalue weighted by Crippen LogP contribution is -2.34. The molecule has 0 fully saturated rings. The molecule has 0 bridgehead atoms. The number of carbonyl (C=O) groups is 1. The molecule has 6 nitrogen and oxygen atoms in total. The highest BCUT2D eigenvalue weighted by Crippen LogP contribution is 2.19. The number of carbonyl (C=O) groups excluding carboxylic acids is 1. The lowest BCUT2D eigenvalue weighted by molar-refractivity contribution is 0.0520. The van der Waals surface area contributed by atoms with Crippen LogP contribution in [-0.4, -0.2) is 38.0 Å². The monoisotopic (exact) mass is 296 g/mol. The summed E-state index contributed by atoms with van der Waals surface area (Å²) in [6.45, 7) is 7.08. The Balaban J connectivity index is 2.28. The summed E-state index contributed by atoms with van der Waals surface area (Å²) >= 11 is 0. The van der Waals surface area contributed by atoms with Gasteiger partial charge in [0.1, 0.15) is 30.3 Å². The van der Waals surface area contributed by atoms with E-state index in [1.54, 1.807) is 6.07 Å². The summed E-state index contributed by atoms with van der Waals surface area (Å²) in [4.78, 5) is 11.4. The number of hydrogen-bond acceptors (Lipinski definition) is 5. The normalized spacial score (nSPS) is 10.9. The van der Waals surface area contributed by atoms with Crippen LogP contribution < -0.4 is 20.5 Å². The first-order valence-electron chi connectivity index (χ1n) is 6.93. The number of benzene rings is 1. The molecule has 0 saturated heterocycles. The second-order valence-corrected chi connectivity index (χ2v) is 5.39. The first kappa shape index (κ1) is 17.1. The van der Waals surface area contributed by atoms with Crippen molar-refractivity contribution < 1.29 is 19.0 Å². The van der Waals surface area contributed by atoms with Crippen molar-refractivity contribution in [1.29, 1.82) is 0 Å². The zero-order valence-corrected chi connectivity index (χ0v) is 12.8. The second-order valence-electron chi connectivity index (χ2n) is 5.39. The van der Waals surface area contributed by atoms with E-state index in [0.717, 1.165) is 0 Å². The fraction of sp³-hybridized carbons (Fsp3) is 0.533. The lowest BCUT2D eigenvalue weighted by Gasteiger charge is -2.19. The molecular weight excluding hydrogens is 272 g/mol. The van der Waals surface area contributed by atoms with E-state index in [2.05, 4.69) is 5.32 Å². The number of nitrogens with two attached hydrogens (primary N) is 1. The molecule has 21 heavy (non-hydrogen) atoms. The van der Waals surface area contributed by atoms with Gasteiger partial charge in [0.05, 0.1) is 6.54 Å². The summed E-state index contributed by atoms with van der Waals surface area (Å²) in [7, 11) is 0. The van der Waals surface area contributed by atoms with Crippen molar-refractivity contribution in [2.75, 3.05) is 26.3 Å². The van der Waals surface area contributed by atoms with E-state index >= 15 is 0 Å². The van der Waals surface area contributed by atoms with Gasteiger partial charge in [-0.2, -0.15) is 0 Å². The van der Waals surface area contributed by atoms with Crippen LogP contribution in [-0.2, 0) is 4.74 Å². The fourth-order valence-electron chi connectivity index (χ4n) is 1.47. The molecule has 0 radical (unpaired) electrons. The molecule has 6 heteroatoms. The number of amides is 1. The van der Waals surface area contributed by atoms with Gasteiger partial charge < -0.3 is 25.3 Å². The Hall–Kier alpha value is -1.95. The fourth-order valence-corrected chi connectivity index (χ4v) is 1.47. The molecule has 118 valence electrons. The Labute approximate surface area is 125 Å². The van der Waals surface area contributed by atoms with Crippen molar-refractivity contribution in [2.45, 2.75) is 26.4 Å². The Morgan fingerprint density at radius 2 is 1.81 bits per heavy atom. The second kappa shape index (κ2) is 8.36. The highest BCUT2D eigenvalue weighted by molar-refractivity contribution is 5.67. The van der Waals surface area contributed by atoms with Crippen LogP contribution in [0.2, 0.25) is 0 Å². The lowest BCUT2D eigenvalue weighted by atomic mass is 10.2. The summed E-state index contributed by atoms with van der Waals surface area (Å²) in [5, 5.41) is 2.62. The van der Waals surface area contributed by atoms with Crippen molar-refractivity contribution >= 4 is 6.09 Å². The van der Waals surface area contributed by atoms with Crippen LogP contribution in [0.15, 0.2) is 24.3 Å². The van der Waals surface area contributed by atoms with E-state index in [4.69, 9.17) is 19.9 Å². The zero-order valence-electron chi connectivity index (χ0n) is 12.8. The summed E-state index contributed by atoms with van der Waals surface area (Å²) < 4.78 is 16.0.